The third kappa shape index (κ3) is 5.20. The second-order valence-electron chi connectivity index (χ2n) is 5.28. The van der Waals surface area contributed by atoms with Gasteiger partial charge in [0.2, 0.25) is 0 Å². The number of rotatable bonds is 4. The number of halogens is 3. The predicted molar refractivity (Wildman–Crippen MR) is 79.5 cm³/mol. The Hall–Kier alpha value is -0.720. The highest BCUT2D eigenvalue weighted by Crippen LogP contribution is 2.32. The van der Waals surface area contributed by atoms with Crippen LogP contribution in [0.1, 0.15) is 17.5 Å². The zero-order valence-corrected chi connectivity index (χ0v) is 12.6. The Bertz CT molecular complexity index is 445. The Labute approximate surface area is 127 Å². The average Bonchev–Trinajstić information content (AvgIpc) is 2.66. The fraction of sp³-hybridized carbons (Fsp3) is 0.600. The standard InChI is InChI=1S/C15H20F3NOS/c16-15(17,18)14-5-2-1-4-12(14)10-13(20)11-19-6-3-8-21-9-7-19/h1-2,4-5,13,20H,3,6-11H2. The van der Waals surface area contributed by atoms with E-state index in [1.165, 1.54) is 12.1 Å². The second-order valence-corrected chi connectivity index (χ2v) is 6.50. The van der Waals surface area contributed by atoms with E-state index >= 15 is 0 Å². The van der Waals surface area contributed by atoms with Crippen LogP contribution in [0.5, 0.6) is 0 Å². The van der Waals surface area contributed by atoms with Gasteiger partial charge in [0.1, 0.15) is 0 Å². The van der Waals surface area contributed by atoms with Crippen LogP contribution in [0, 0.1) is 0 Å². The van der Waals surface area contributed by atoms with E-state index in [4.69, 9.17) is 0 Å². The normalized spacial score (nSPS) is 19.2. The van der Waals surface area contributed by atoms with Crippen molar-refractivity contribution in [1.82, 2.24) is 4.90 Å². The molecule has 2 rings (SSSR count). The molecule has 21 heavy (non-hydrogen) atoms. The zero-order valence-electron chi connectivity index (χ0n) is 11.8. The van der Waals surface area contributed by atoms with Gasteiger partial charge >= 0.3 is 6.18 Å². The van der Waals surface area contributed by atoms with Crippen LogP contribution in [-0.4, -0.2) is 47.3 Å². The topological polar surface area (TPSA) is 23.5 Å². The first-order valence-corrected chi connectivity index (χ1v) is 8.25. The lowest BCUT2D eigenvalue weighted by Gasteiger charge is -2.23. The predicted octanol–water partition coefficient (Wildman–Crippen LogP) is 3.05. The quantitative estimate of drug-likeness (QED) is 0.923. The van der Waals surface area contributed by atoms with Crippen molar-refractivity contribution in [3.63, 3.8) is 0 Å². The summed E-state index contributed by atoms with van der Waals surface area (Å²) in [5.74, 6) is 2.13. The van der Waals surface area contributed by atoms with Gasteiger partial charge in [0.15, 0.2) is 0 Å². The van der Waals surface area contributed by atoms with Gasteiger partial charge < -0.3 is 5.11 Å². The molecule has 6 heteroatoms. The lowest BCUT2D eigenvalue weighted by molar-refractivity contribution is -0.138. The first-order valence-electron chi connectivity index (χ1n) is 7.10. The monoisotopic (exact) mass is 319 g/mol. The van der Waals surface area contributed by atoms with Crippen molar-refractivity contribution in [2.45, 2.75) is 25.1 Å². The van der Waals surface area contributed by atoms with Crippen molar-refractivity contribution >= 4 is 11.8 Å². The summed E-state index contributed by atoms with van der Waals surface area (Å²) in [6.45, 7) is 2.24. The Kier molecular flexibility index (Phi) is 5.96. The van der Waals surface area contributed by atoms with Crippen molar-refractivity contribution in [3.05, 3.63) is 35.4 Å². The molecule has 1 aromatic rings. The van der Waals surface area contributed by atoms with Crippen molar-refractivity contribution in [2.75, 3.05) is 31.1 Å². The van der Waals surface area contributed by atoms with E-state index < -0.39 is 17.8 Å². The molecule has 118 valence electrons. The van der Waals surface area contributed by atoms with E-state index in [1.54, 1.807) is 6.07 Å². The summed E-state index contributed by atoms with van der Waals surface area (Å²) in [4.78, 5) is 2.14. The number of β-amino-alcohol motifs (C(OH)–C–C–N with tert-alkyl or cyclic N) is 1. The number of benzene rings is 1. The smallest absolute Gasteiger partial charge is 0.391 e. The van der Waals surface area contributed by atoms with E-state index in [-0.39, 0.29) is 12.0 Å². The summed E-state index contributed by atoms with van der Waals surface area (Å²) in [5, 5.41) is 10.1. The number of aliphatic hydroxyl groups is 1. The highest BCUT2D eigenvalue weighted by molar-refractivity contribution is 7.99. The summed E-state index contributed by atoms with van der Waals surface area (Å²) in [5.41, 5.74) is -0.475. The number of hydrogen-bond donors (Lipinski definition) is 1. The highest BCUT2D eigenvalue weighted by Gasteiger charge is 2.33. The number of nitrogens with zero attached hydrogens (tertiary/aromatic N) is 1. The summed E-state index contributed by atoms with van der Waals surface area (Å²) in [7, 11) is 0. The minimum Gasteiger partial charge on any atom is -0.391 e. The fourth-order valence-corrected chi connectivity index (χ4v) is 3.50. The maximum atomic E-state index is 12.9. The Balaban J connectivity index is 1.97. The number of alkyl halides is 3. The van der Waals surface area contributed by atoms with E-state index in [0.717, 1.165) is 37.1 Å². The highest BCUT2D eigenvalue weighted by atomic mass is 32.2. The summed E-state index contributed by atoms with van der Waals surface area (Å²) in [6, 6.07) is 5.49. The molecule has 1 unspecified atom stereocenters. The van der Waals surface area contributed by atoms with Crippen LogP contribution in [0.4, 0.5) is 13.2 Å². The third-order valence-electron chi connectivity index (χ3n) is 3.56. The molecule has 1 saturated heterocycles. The average molecular weight is 319 g/mol. The van der Waals surface area contributed by atoms with Crippen LogP contribution in [-0.2, 0) is 12.6 Å². The minimum absolute atomic E-state index is 0.0410. The molecule has 1 N–H and O–H groups in total. The molecule has 1 aliphatic rings. The van der Waals surface area contributed by atoms with Crippen LogP contribution in [0.2, 0.25) is 0 Å². The fourth-order valence-electron chi connectivity index (χ4n) is 2.57. The van der Waals surface area contributed by atoms with Crippen molar-refractivity contribution in [2.24, 2.45) is 0 Å². The van der Waals surface area contributed by atoms with Gasteiger partial charge in [-0.3, -0.25) is 4.90 Å². The van der Waals surface area contributed by atoms with E-state index in [2.05, 4.69) is 4.90 Å². The SMILES string of the molecule is OC(Cc1ccccc1C(F)(F)F)CN1CCCSCC1. The number of hydrogen-bond acceptors (Lipinski definition) is 3. The van der Waals surface area contributed by atoms with Crippen LogP contribution < -0.4 is 0 Å². The van der Waals surface area contributed by atoms with Gasteiger partial charge in [-0.05, 0) is 30.3 Å². The van der Waals surface area contributed by atoms with Crippen LogP contribution >= 0.6 is 11.8 Å². The Morgan fingerprint density at radius 3 is 2.71 bits per heavy atom. The Morgan fingerprint density at radius 2 is 1.95 bits per heavy atom. The molecule has 0 aromatic heterocycles. The first kappa shape index (κ1) is 16.6. The van der Waals surface area contributed by atoms with Crippen LogP contribution in [0.15, 0.2) is 24.3 Å². The van der Waals surface area contributed by atoms with Crippen LogP contribution in [0.3, 0.4) is 0 Å². The molecule has 0 aliphatic carbocycles. The second kappa shape index (κ2) is 7.51. The van der Waals surface area contributed by atoms with Gasteiger partial charge in [0, 0.05) is 25.3 Å². The van der Waals surface area contributed by atoms with Gasteiger partial charge in [0.05, 0.1) is 11.7 Å². The molecule has 0 saturated carbocycles. The zero-order chi connectivity index (χ0) is 15.3. The molecule has 1 aromatic carbocycles. The lowest BCUT2D eigenvalue weighted by atomic mass is 10.0. The molecule has 0 bridgehead atoms. The lowest BCUT2D eigenvalue weighted by Crippen LogP contribution is -2.35. The maximum absolute atomic E-state index is 12.9. The van der Waals surface area contributed by atoms with Gasteiger partial charge in [-0.1, -0.05) is 18.2 Å². The third-order valence-corrected chi connectivity index (χ3v) is 4.61. The molecule has 0 spiro atoms. The van der Waals surface area contributed by atoms with Crippen molar-refractivity contribution < 1.29 is 18.3 Å². The first-order chi connectivity index (χ1) is 9.97. The van der Waals surface area contributed by atoms with Crippen LogP contribution in [0.25, 0.3) is 0 Å². The molecular formula is C15H20F3NOS. The Morgan fingerprint density at radius 1 is 1.19 bits per heavy atom. The van der Waals surface area contributed by atoms with Gasteiger partial charge in [-0.25, -0.2) is 0 Å². The molecule has 1 fully saturated rings. The van der Waals surface area contributed by atoms with Gasteiger partial charge in [-0.15, -0.1) is 0 Å². The number of aliphatic hydroxyl groups excluding tert-OH is 1. The van der Waals surface area contributed by atoms with Gasteiger partial charge in [0.25, 0.3) is 0 Å². The summed E-state index contributed by atoms with van der Waals surface area (Å²) < 4.78 is 38.7. The molecule has 0 amide bonds. The van der Waals surface area contributed by atoms with E-state index in [0.29, 0.717) is 6.54 Å². The van der Waals surface area contributed by atoms with E-state index in [9.17, 15) is 18.3 Å². The largest absolute Gasteiger partial charge is 0.416 e. The van der Waals surface area contributed by atoms with Gasteiger partial charge in [-0.2, -0.15) is 24.9 Å². The molecule has 1 aliphatic heterocycles. The maximum Gasteiger partial charge on any atom is 0.416 e. The van der Waals surface area contributed by atoms with Crippen molar-refractivity contribution in [3.8, 4) is 0 Å². The van der Waals surface area contributed by atoms with Crippen molar-refractivity contribution in [1.29, 1.82) is 0 Å². The molecule has 1 atom stereocenters. The summed E-state index contributed by atoms with van der Waals surface area (Å²) >= 11 is 1.88. The van der Waals surface area contributed by atoms with E-state index in [1.807, 2.05) is 11.8 Å². The molecule has 0 radical (unpaired) electrons. The molecular weight excluding hydrogens is 299 g/mol. The summed E-state index contributed by atoms with van der Waals surface area (Å²) in [6.07, 6.45) is -4.03. The minimum atomic E-state index is -4.37. The molecule has 1 heterocycles. The number of thioether (sulfide) groups is 1. The molecule has 2 nitrogen and oxygen atoms in total.